The maximum atomic E-state index is 12.8. The van der Waals surface area contributed by atoms with Gasteiger partial charge in [-0.1, -0.05) is 42.5 Å². The van der Waals surface area contributed by atoms with Crippen molar-refractivity contribution >= 4 is 38.1 Å². The van der Waals surface area contributed by atoms with E-state index in [0.29, 0.717) is 11.3 Å². The molecule has 1 N–H and O–H groups in total. The minimum Gasteiger partial charge on any atom is -0.491 e. The SMILES string of the molecule is Cc1ccc([N+](=O)[O-])cc1N([C@@H](C)C(=O)NCCOc1cccc2ccccc12)S(C)(=O)=O. The summed E-state index contributed by atoms with van der Waals surface area (Å²) in [5, 5.41) is 15.8. The number of hydrogen-bond acceptors (Lipinski definition) is 6. The van der Waals surface area contributed by atoms with Crippen molar-refractivity contribution in [3.63, 3.8) is 0 Å². The monoisotopic (exact) mass is 471 g/mol. The lowest BCUT2D eigenvalue weighted by Crippen LogP contribution is -2.48. The Labute approximate surface area is 192 Å². The fraction of sp³-hybridized carbons (Fsp3) is 0.261. The van der Waals surface area contributed by atoms with Gasteiger partial charge in [0.05, 0.1) is 23.4 Å². The summed E-state index contributed by atoms with van der Waals surface area (Å²) in [7, 11) is -3.91. The standard InChI is InChI=1S/C23H25N3O6S/c1-16-11-12-19(26(28)29)15-21(16)25(33(3,30)31)17(2)23(27)24-13-14-32-22-10-6-8-18-7-4-5-9-20(18)22/h4-12,15,17H,13-14H2,1-3H3,(H,24,27)/t17-/m0/s1. The van der Waals surface area contributed by atoms with E-state index in [1.807, 2.05) is 42.5 Å². The molecule has 1 atom stereocenters. The molecule has 10 heteroatoms. The minimum atomic E-state index is -3.91. The van der Waals surface area contributed by atoms with Crippen molar-refractivity contribution in [1.82, 2.24) is 5.32 Å². The highest BCUT2D eigenvalue weighted by atomic mass is 32.2. The first-order chi connectivity index (χ1) is 15.6. The molecule has 0 saturated heterocycles. The van der Waals surface area contributed by atoms with Gasteiger partial charge in [-0.15, -0.1) is 0 Å². The molecule has 0 radical (unpaired) electrons. The van der Waals surface area contributed by atoms with Gasteiger partial charge in [0.25, 0.3) is 5.69 Å². The van der Waals surface area contributed by atoms with Crippen LogP contribution in [-0.2, 0) is 14.8 Å². The van der Waals surface area contributed by atoms with E-state index in [0.717, 1.165) is 27.4 Å². The molecular formula is C23H25N3O6S. The number of amides is 1. The van der Waals surface area contributed by atoms with Crippen LogP contribution < -0.4 is 14.4 Å². The number of anilines is 1. The molecule has 1 amide bonds. The number of sulfonamides is 1. The van der Waals surface area contributed by atoms with Gasteiger partial charge < -0.3 is 10.1 Å². The van der Waals surface area contributed by atoms with Crippen molar-refractivity contribution in [3.05, 3.63) is 76.3 Å². The van der Waals surface area contributed by atoms with Crippen LogP contribution in [0.4, 0.5) is 11.4 Å². The van der Waals surface area contributed by atoms with Gasteiger partial charge in [0.2, 0.25) is 15.9 Å². The molecule has 0 bridgehead atoms. The predicted molar refractivity (Wildman–Crippen MR) is 127 cm³/mol. The molecule has 3 aromatic carbocycles. The van der Waals surface area contributed by atoms with Gasteiger partial charge in [0, 0.05) is 17.5 Å². The van der Waals surface area contributed by atoms with Gasteiger partial charge in [0.1, 0.15) is 18.4 Å². The van der Waals surface area contributed by atoms with Crippen LogP contribution in [-0.4, -0.2) is 44.7 Å². The summed E-state index contributed by atoms with van der Waals surface area (Å²) >= 11 is 0. The summed E-state index contributed by atoms with van der Waals surface area (Å²) in [6.45, 7) is 3.39. The number of rotatable bonds is 9. The van der Waals surface area contributed by atoms with Crippen LogP contribution >= 0.6 is 0 Å². The molecule has 33 heavy (non-hydrogen) atoms. The van der Waals surface area contributed by atoms with E-state index in [4.69, 9.17) is 4.74 Å². The average molecular weight is 472 g/mol. The number of nitro groups is 1. The van der Waals surface area contributed by atoms with E-state index in [-0.39, 0.29) is 24.5 Å². The number of ether oxygens (including phenoxy) is 1. The minimum absolute atomic E-state index is 0.0846. The second-order valence-electron chi connectivity index (χ2n) is 7.58. The lowest BCUT2D eigenvalue weighted by atomic mass is 10.1. The molecule has 0 unspecified atom stereocenters. The Bertz CT molecular complexity index is 1290. The van der Waals surface area contributed by atoms with Crippen molar-refractivity contribution in [2.75, 3.05) is 23.7 Å². The molecule has 0 aliphatic heterocycles. The van der Waals surface area contributed by atoms with Crippen molar-refractivity contribution in [2.24, 2.45) is 0 Å². The van der Waals surface area contributed by atoms with E-state index in [9.17, 15) is 23.3 Å². The van der Waals surface area contributed by atoms with Crippen LogP contribution in [0.2, 0.25) is 0 Å². The van der Waals surface area contributed by atoms with Crippen molar-refractivity contribution in [3.8, 4) is 5.75 Å². The number of nitrogens with one attached hydrogen (secondary N) is 1. The third-order valence-electron chi connectivity index (χ3n) is 5.14. The number of hydrogen-bond donors (Lipinski definition) is 1. The van der Waals surface area contributed by atoms with E-state index < -0.39 is 26.9 Å². The Kier molecular flexibility index (Phi) is 7.17. The van der Waals surface area contributed by atoms with Gasteiger partial charge in [0.15, 0.2) is 0 Å². The molecule has 3 rings (SSSR count). The molecule has 3 aromatic rings. The van der Waals surface area contributed by atoms with Crippen LogP contribution in [0.1, 0.15) is 12.5 Å². The molecule has 0 aliphatic carbocycles. The maximum absolute atomic E-state index is 12.8. The molecule has 9 nitrogen and oxygen atoms in total. The highest BCUT2D eigenvalue weighted by Gasteiger charge is 2.31. The Morgan fingerprint density at radius 1 is 1.15 bits per heavy atom. The van der Waals surface area contributed by atoms with Gasteiger partial charge in [-0.25, -0.2) is 8.42 Å². The Morgan fingerprint density at radius 2 is 1.85 bits per heavy atom. The summed E-state index contributed by atoms with van der Waals surface area (Å²) in [4.78, 5) is 23.3. The van der Waals surface area contributed by atoms with Crippen LogP contribution in [0.15, 0.2) is 60.7 Å². The fourth-order valence-corrected chi connectivity index (χ4v) is 4.76. The predicted octanol–water partition coefficient (Wildman–Crippen LogP) is 3.41. The molecule has 0 saturated carbocycles. The average Bonchev–Trinajstić information content (AvgIpc) is 2.76. The van der Waals surface area contributed by atoms with E-state index in [1.165, 1.54) is 19.1 Å². The molecule has 0 aliphatic rings. The number of benzene rings is 3. The molecular weight excluding hydrogens is 446 g/mol. The van der Waals surface area contributed by atoms with Crippen molar-refractivity contribution in [1.29, 1.82) is 0 Å². The van der Waals surface area contributed by atoms with Gasteiger partial charge in [-0.05, 0) is 30.9 Å². The quantitative estimate of drug-likeness (QED) is 0.290. The van der Waals surface area contributed by atoms with Crippen LogP contribution in [0.25, 0.3) is 10.8 Å². The summed E-state index contributed by atoms with van der Waals surface area (Å²) in [6.07, 6.45) is 0.957. The molecule has 174 valence electrons. The number of aryl methyl sites for hydroxylation is 1. The molecule has 0 fully saturated rings. The third kappa shape index (κ3) is 5.58. The lowest BCUT2D eigenvalue weighted by molar-refractivity contribution is -0.384. The first-order valence-corrected chi connectivity index (χ1v) is 12.1. The number of nitro benzene ring substituents is 1. The number of fused-ring (bicyclic) bond motifs is 1. The van der Waals surface area contributed by atoms with Crippen molar-refractivity contribution in [2.45, 2.75) is 19.9 Å². The number of carbonyl (C=O) groups is 1. The Morgan fingerprint density at radius 3 is 2.55 bits per heavy atom. The first kappa shape index (κ1) is 24.0. The highest BCUT2D eigenvalue weighted by molar-refractivity contribution is 7.92. The largest absolute Gasteiger partial charge is 0.491 e. The van der Waals surface area contributed by atoms with Gasteiger partial charge in [-0.3, -0.25) is 19.2 Å². The Hall–Kier alpha value is -3.66. The second kappa shape index (κ2) is 9.86. The topological polar surface area (TPSA) is 119 Å². The lowest BCUT2D eigenvalue weighted by Gasteiger charge is -2.29. The molecule has 0 spiro atoms. The summed E-state index contributed by atoms with van der Waals surface area (Å²) in [6, 6.07) is 16.2. The highest BCUT2D eigenvalue weighted by Crippen LogP contribution is 2.29. The van der Waals surface area contributed by atoms with Crippen LogP contribution in [0, 0.1) is 17.0 Å². The zero-order valence-electron chi connectivity index (χ0n) is 18.5. The van der Waals surface area contributed by atoms with E-state index >= 15 is 0 Å². The number of nitrogens with zero attached hydrogens (tertiary/aromatic N) is 2. The summed E-state index contributed by atoms with van der Waals surface area (Å²) in [5.41, 5.74) is 0.312. The smallest absolute Gasteiger partial charge is 0.271 e. The normalized spacial score (nSPS) is 12.2. The summed E-state index contributed by atoms with van der Waals surface area (Å²) in [5.74, 6) is 0.133. The second-order valence-corrected chi connectivity index (χ2v) is 9.44. The zero-order valence-corrected chi connectivity index (χ0v) is 19.3. The summed E-state index contributed by atoms with van der Waals surface area (Å²) < 4.78 is 31.7. The Balaban J connectivity index is 1.70. The van der Waals surface area contributed by atoms with Crippen LogP contribution in [0.3, 0.4) is 0 Å². The van der Waals surface area contributed by atoms with Crippen molar-refractivity contribution < 1.29 is 22.9 Å². The van der Waals surface area contributed by atoms with E-state index in [2.05, 4.69) is 5.32 Å². The third-order valence-corrected chi connectivity index (χ3v) is 6.37. The van der Waals surface area contributed by atoms with Crippen LogP contribution in [0.5, 0.6) is 5.75 Å². The zero-order chi connectivity index (χ0) is 24.2. The van der Waals surface area contributed by atoms with Gasteiger partial charge in [-0.2, -0.15) is 0 Å². The van der Waals surface area contributed by atoms with Gasteiger partial charge >= 0.3 is 0 Å². The molecule has 0 aromatic heterocycles. The fourth-order valence-electron chi connectivity index (χ4n) is 3.53. The number of carbonyl (C=O) groups excluding carboxylic acids is 1. The molecule has 0 heterocycles. The van der Waals surface area contributed by atoms with E-state index in [1.54, 1.807) is 6.92 Å². The maximum Gasteiger partial charge on any atom is 0.271 e. The first-order valence-electron chi connectivity index (χ1n) is 10.2. The number of non-ortho nitro benzene ring substituents is 1.